The molecule has 1 fully saturated rings. The zero-order valence-electron chi connectivity index (χ0n) is 9.62. The fraction of sp³-hybridized carbons (Fsp3) is 0.700. The smallest absolute Gasteiger partial charge is 0.155 e. The maximum Gasteiger partial charge on any atom is 0.155 e. The first-order valence-corrected chi connectivity index (χ1v) is 5.80. The summed E-state index contributed by atoms with van der Waals surface area (Å²) in [5.41, 5.74) is 5.75. The van der Waals surface area contributed by atoms with E-state index in [0.717, 1.165) is 0 Å². The first kappa shape index (κ1) is 11.6. The topological polar surface area (TPSA) is 116 Å². The molecule has 0 spiro atoms. The third-order valence-corrected chi connectivity index (χ3v) is 3.39. The number of nitrogens with two attached hydrogens (primary N) is 1. The number of hydrogen-bond donors (Lipinski definition) is 3. The molecule has 3 rings (SSSR count). The lowest BCUT2D eigenvalue weighted by Gasteiger charge is -2.30. The predicted octanol–water partition coefficient (Wildman–Crippen LogP) is -2.11. The van der Waals surface area contributed by atoms with Gasteiger partial charge in [-0.25, -0.2) is 9.98 Å². The molecule has 18 heavy (non-hydrogen) atoms. The van der Waals surface area contributed by atoms with E-state index < -0.39 is 12.2 Å². The molecular formula is C10H15N5O3. The quantitative estimate of drug-likeness (QED) is 0.521. The summed E-state index contributed by atoms with van der Waals surface area (Å²) in [6.07, 6.45) is 1.60. The average molecular weight is 253 g/mol. The number of nitrogens with zero attached hydrogens (tertiary/aromatic N) is 4. The molecule has 3 aliphatic heterocycles. The molecule has 8 nitrogen and oxygen atoms in total. The Kier molecular flexibility index (Phi) is 2.77. The number of aliphatic hydroxyl groups is 2. The molecule has 0 saturated carbocycles. The molecule has 0 radical (unpaired) electrons. The summed E-state index contributed by atoms with van der Waals surface area (Å²) in [4.78, 5) is 14.2. The van der Waals surface area contributed by atoms with Gasteiger partial charge in [-0.15, -0.1) is 0 Å². The second-order valence-corrected chi connectivity index (χ2v) is 4.50. The van der Waals surface area contributed by atoms with Crippen molar-refractivity contribution in [3.05, 3.63) is 0 Å². The van der Waals surface area contributed by atoms with E-state index in [0.29, 0.717) is 12.3 Å². The number of amidine groups is 1. The molecule has 8 heteroatoms. The Morgan fingerprint density at radius 1 is 1.50 bits per heavy atom. The van der Waals surface area contributed by atoms with Crippen LogP contribution < -0.4 is 5.73 Å². The van der Waals surface area contributed by atoms with Crippen LogP contribution in [0.3, 0.4) is 0 Å². The highest BCUT2D eigenvalue weighted by Crippen LogP contribution is 2.28. The van der Waals surface area contributed by atoms with E-state index in [2.05, 4.69) is 15.0 Å². The van der Waals surface area contributed by atoms with Crippen molar-refractivity contribution in [2.75, 3.05) is 6.61 Å². The number of ether oxygens (including phenoxy) is 1. The molecule has 2 unspecified atom stereocenters. The number of rotatable bonds is 2. The molecule has 0 bridgehead atoms. The molecule has 4 N–H and O–H groups in total. The van der Waals surface area contributed by atoms with Gasteiger partial charge < -0.3 is 25.6 Å². The fourth-order valence-corrected chi connectivity index (χ4v) is 2.40. The first-order chi connectivity index (χ1) is 8.70. The van der Waals surface area contributed by atoms with Gasteiger partial charge in [-0.2, -0.15) is 0 Å². The van der Waals surface area contributed by atoms with Crippen LogP contribution in [0.25, 0.3) is 0 Å². The second kappa shape index (κ2) is 4.30. The lowest BCUT2D eigenvalue weighted by Crippen LogP contribution is -2.47. The van der Waals surface area contributed by atoms with E-state index in [9.17, 15) is 5.11 Å². The third-order valence-electron chi connectivity index (χ3n) is 3.39. The lowest BCUT2D eigenvalue weighted by molar-refractivity contribution is -0.0628. The second-order valence-electron chi connectivity index (χ2n) is 4.50. The van der Waals surface area contributed by atoms with Gasteiger partial charge in [-0.05, 0) is 0 Å². The van der Waals surface area contributed by atoms with Gasteiger partial charge in [-0.3, -0.25) is 4.99 Å². The van der Waals surface area contributed by atoms with Crippen LogP contribution in [0.5, 0.6) is 0 Å². The van der Waals surface area contributed by atoms with E-state index in [1.807, 2.05) is 4.90 Å². The van der Waals surface area contributed by atoms with E-state index in [1.54, 1.807) is 6.34 Å². The molecule has 0 aromatic carbocycles. The van der Waals surface area contributed by atoms with Gasteiger partial charge in [0.25, 0.3) is 0 Å². The van der Waals surface area contributed by atoms with Gasteiger partial charge in [-0.1, -0.05) is 0 Å². The van der Waals surface area contributed by atoms with Crippen LogP contribution in [0.15, 0.2) is 15.0 Å². The zero-order valence-corrected chi connectivity index (χ0v) is 9.62. The van der Waals surface area contributed by atoms with Crippen LogP contribution in [0, 0.1) is 0 Å². The molecule has 0 aliphatic carbocycles. The molecule has 0 aromatic rings. The third kappa shape index (κ3) is 1.69. The maximum atomic E-state index is 9.72. The summed E-state index contributed by atoms with van der Waals surface area (Å²) < 4.78 is 5.57. The van der Waals surface area contributed by atoms with Crippen LogP contribution in [0.2, 0.25) is 0 Å². The molecule has 1 saturated heterocycles. The summed E-state index contributed by atoms with van der Waals surface area (Å²) in [5, 5.41) is 18.8. The maximum absolute atomic E-state index is 9.72. The summed E-state index contributed by atoms with van der Waals surface area (Å²) in [5.74, 6) is 0.422. The van der Waals surface area contributed by atoms with Gasteiger partial charge in [0.15, 0.2) is 6.17 Å². The lowest BCUT2D eigenvalue weighted by atomic mass is 10.1. The highest BCUT2D eigenvalue weighted by molar-refractivity contribution is 5.96. The molecule has 5 atom stereocenters. The van der Waals surface area contributed by atoms with Crippen LogP contribution in [0.1, 0.15) is 6.42 Å². The first-order valence-electron chi connectivity index (χ1n) is 5.80. The molecule has 3 aliphatic rings. The Labute approximate surface area is 103 Å². The molecule has 0 aromatic heterocycles. The van der Waals surface area contributed by atoms with Crippen LogP contribution in [-0.4, -0.2) is 70.9 Å². The van der Waals surface area contributed by atoms with Crippen LogP contribution >= 0.6 is 0 Å². The summed E-state index contributed by atoms with van der Waals surface area (Å²) in [6, 6.07) is -0.288. The van der Waals surface area contributed by atoms with Gasteiger partial charge >= 0.3 is 0 Å². The van der Waals surface area contributed by atoms with Crippen molar-refractivity contribution in [2.24, 2.45) is 20.7 Å². The van der Waals surface area contributed by atoms with Crippen LogP contribution in [0.4, 0.5) is 0 Å². The summed E-state index contributed by atoms with van der Waals surface area (Å²) in [7, 11) is 0. The number of hydrogen-bond acceptors (Lipinski definition) is 8. The largest absolute Gasteiger partial charge is 0.394 e. The van der Waals surface area contributed by atoms with Gasteiger partial charge in [0, 0.05) is 6.42 Å². The average Bonchev–Trinajstić information content (AvgIpc) is 2.93. The Balaban J connectivity index is 1.74. The number of fused-ring (bicyclic) bond motifs is 1. The monoisotopic (exact) mass is 253 g/mol. The minimum Gasteiger partial charge on any atom is -0.394 e. The normalized spacial score (nSPS) is 42.2. The van der Waals surface area contributed by atoms with Crippen molar-refractivity contribution in [2.45, 2.75) is 37.1 Å². The molecule has 3 heterocycles. The van der Waals surface area contributed by atoms with Crippen molar-refractivity contribution in [3.63, 3.8) is 0 Å². The zero-order chi connectivity index (χ0) is 12.7. The highest BCUT2D eigenvalue weighted by atomic mass is 16.5. The highest BCUT2D eigenvalue weighted by Gasteiger charge is 2.43. The Morgan fingerprint density at radius 2 is 2.33 bits per heavy atom. The van der Waals surface area contributed by atoms with E-state index in [4.69, 9.17) is 15.6 Å². The number of aliphatic imine (C=N–C) groups is 3. The molecule has 98 valence electrons. The number of aliphatic hydroxyl groups excluding tert-OH is 2. The molecular weight excluding hydrogens is 238 g/mol. The van der Waals surface area contributed by atoms with Crippen molar-refractivity contribution < 1.29 is 14.9 Å². The minimum atomic E-state index is -0.675. The van der Waals surface area contributed by atoms with E-state index in [-0.39, 0.29) is 25.0 Å². The molecule has 0 amide bonds. The standard InChI is InChI=1S/C10H15N5O3/c11-9-8-10(13-3-12-9)15(4-14-8)7-1-5(17)6(2-16)18-7/h3-8,10,16-17H,1-2H2,(H2,11,12,13)/t5-,6+,7+,8?,10?/m0/s1. The van der Waals surface area contributed by atoms with E-state index in [1.165, 1.54) is 6.34 Å². The Bertz CT molecular complexity index is 424. The SMILES string of the molecule is NC1=NC=NC2C1N=CN2[C@H]1C[C@H](O)[C@@H](CO)O1. The van der Waals surface area contributed by atoms with Crippen molar-refractivity contribution in [3.8, 4) is 0 Å². The minimum absolute atomic E-state index is 0.205. The fourth-order valence-electron chi connectivity index (χ4n) is 2.40. The van der Waals surface area contributed by atoms with Gasteiger partial charge in [0.2, 0.25) is 0 Å². The van der Waals surface area contributed by atoms with E-state index >= 15 is 0 Å². The Morgan fingerprint density at radius 3 is 3.06 bits per heavy atom. The van der Waals surface area contributed by atoms with Crippen molar-refractivity contribution >= 4 is 18.5 Å². The van der Waals surface area contributed by atoms with Crippen molar-refractivity contribution in [1.82, 2.24) is 4.90 Å². The Hall–Kier alpha value is -1.51. The summed E-state index contributed by atoms with van der Waals surface area (Å²) >= 11 is 0. The predicted molar refractivity (Wildman–Crippen MR) is 64.4 cm³/mol. The van der Waals surface area contributed by atoms with Crippen LogP contribution in [-0.2, 0) is 4.74 Å². The van der Waals surface area contributed by atoms with Crippen molar-refractivity contribution in [1.29, 1.82) is 0 Å². The van der Waals surface area contributed by atoms with Gasteiger partial charge in [0.1, 0.15) is 30.5 Å². The van der Waals surface area contributed by atoms with Gasteiger partial charge in [0.05, 0.1) is 19.0 Å². The summed E-state index contributed by atoms with van der Waals surface area (Å²) in [6.45, 7) is -0.205.